The highest BCUT2D eigenvalue weighted by Crippen LogP contribution is 2.21. The van der Waals surface area contributed by atoms with E-state index >= 15 is 0 Å². The van der Waals surface area contributed by atoms with Gasteiger partial charge in [0.05, 0.1) is 29.4 Å². The first-order valence-corrected chi connectivity index (χ1v) is 10.6. The molecule has 2 aromatic rings. The molecule has 4 heterocycles. The van der Waals surface area contributed by atoms with Gasteiger partial charge in [-0.25, -0.2) is 9.97 Å². The number of nitrogens with one attached hydrogen (secondary N) is 3. The van der Waals surface area contributed by atoms with Crippen molar-refractivity contribution in [3.63, 3.8) is 0 Å². The summed E-state index contributed by atoms with van der Waals surface area (Å²) in [6.45, 7) is 4.39. The van der Waals surface area contributed by atoms with Crippen molar-refractivity contribution in [3.8, 4) is 6.07 Å². The summed E-state index contributed by atoms with van der Waals surface area (Å²) in [5.74, 6) is -0.184. The lowest BCUT2D eigenvalue weighted by atomic mass is 10.0. The van der Waals surface area contributed by atoms with Crippen LogP contribution in [0.5, 0.6) is 0 Å². The predicted octanol–water partition coefficient (Wildman–Crippen LogP) is 0.304. The lowest BCUT2D eigenvalue weighted by Gasteiger charge is -2.37. The number of hydrogen-bond donors (Lipinski definition) is 4. The van der Waals surface area contributed by atoms with Crippen molar-refractivity contribution in [3.05, 3.63) is 41.4 Å². The number of carbonyl (C=O) groups excluding carboxylic acids is 2. The van der Waals surface area contributed by atoms with Gasteiger partial charge < -0.3 is 26.3 Å². The Labute approximate surface area is 190 Å². The molecule has 2 aromatic heterocycles. The van der Waals surface area contributed by atoms with E-state index < -0.39 is 11.9 Å². The summed E-state index contributed by atoms with van der Waals surface area (Å²) in [5.41, 5.74) is 8.88. The number of nitriles is 1. The zero-order valence-electron chi connectivity index (χ0n) is 18.6. The number of likely N-dealkylation sites (tertiary alicyclic amines) is 1. The van der Waals surface area contributed by atoms with E-state index in [0.29, 0.717) is 47.1 Å². The fourth-order valence-corrected chi connectivity index (χ4v) is 3.75. The van der Waals surface area contributed by atoms with Crippen molar-refractivity contribution in [1.29, 1.82) is 5.26 Å². The highest BCUT2D eigenvalue weighted by molar-refractivity contribution is 6.08. The standard InChI is InChI=1S/C22H25N9O2/c1-11-4-5-14(19(25-3)28-11)17(24)16-8-27-20-18(30-16)15(7-26-20)21(32)29-12(2)22(33)31-9-13(6-23)10-31/h4-5,7-8,11-13H,9-10,24H2,1-3H3,(H,25,28)(H,26,27)(H,29,32)/t11?,12-/m1/s1. The van der Waals surface area contributed by atoms with Crippen LogP contribution in [-0.2, 0) is 4.79 Å². The molecule has 0 radical (unpaired) electrons. The molecule has 0 aromatic carbocycles. The third kappa shape index (κ3) is 4.15. The van der Waals surface area contributed by atoms with Gasteiger partial charge in [-0.2, -0.15) is 5.26 Å². The van der Waals surface area contributed by atoms with E-state index in [0.717, 1.165) is 0 Å². The normalized spacial score (nSPS) is 21.8. The Hall–Kier alpha value is -4.20. The second-order valence-electron chi connectivity index (χ2n) is 8.11. The highest BCUT2D eigenvalue weighted by atomic mass is 16.2. The fourth-order valence-electron chi connectivity index (χ4n) is 3.75. The molecule has 5 N–H and O–H groups in total. The van der Waals surface area contributed by atoms with E-state index in [1.165, 1.54) is 12.4 Å². The van der Waals surface area contributed by atoms with Crippen molar-refractivity contribution >= 4 is 34.5 Å². The number of fused-ring (bicyclic) bond motifs is 1. The number of hydrogen-bond acceptors (Lipinski definition) is 7. The second kappa shape index (κ2) is 8.74. The van der Waals surface area contributed by atoms with Crippen molar-refractivity contribution in [2.45, 2.75) is 25.9 Å². The molecule has 0 aliphatic carbocycles. The van der Waals surface area contributed by atoms with Crippen molar-refractivity contribution in [1.82, 2.24) is 30.5 Å². The number of nitrogens with zero attached hydrogens (tertiary/aromatic N) is 5. The minimum absolute atomic E-state index is 0.125. The van der Waals surface area contributed by atoms with Crippen LogP contribution in [0.4, 0.5) is 0 Å². The van der Waals surface area contributed by atoms with Crippen LogP contribution in [0.1, 0.15) is 29.9 Å². The number of aromatic amines is 1. The zero-order chi connectivity index (χ0) is 23.7. The Balaban J connectivity index is 1.58. The average molecular weight is 448 g/mol. The van der Waals surface area contributed by atoms with Gasteiger partial charge in [0, 0.05) is 37.9 Å². The first kappa shape index (κ1) is 22.0. The molecule has 1 saturated heterocycles. The van der Waals surface area contributed by atoms with Gasteiger partial charge in [0.25, 0.3) is 5.91 Å². The number of H-pyrrole nitrogens is 1. The third-order valence-electron chi connectivity index (χ3n) is 5.68. The number of nitrogens with two attached hydrogens (primary N) is 1. The van der Waals surface area contributed by atoms with Gasteiger partial charge in [-0.15, -0.1) is 0 Å². The molecule has 2 aliphatic heterocycles. The Morgan fingerprint density at radius 2 is 2.18 bits per heavy atom. The van der Waals surface area contributed by atoms with Gasteiger partial charge in [0.1, 0.15) is 23.1 Å². The number of aromatic nitrogens is 3. The van der Waals surface area contributed by atoms with Gasteiger partial charge in [0.15, 0.2) is 5.65 Å². The van der Waals surface area contributed by atoms with Crippen LogP contribution in [0, 0.1) is 17.2 Å². The molecule has 0 bridgehead atoms. The summed E-state index contributed by atoms with van der Waals surface area (Å²) in [4.78, 5) is 43.0. The maximum Gasteiger partial charge on any atom is 0.255 e. The van der Waals surface area contributed by atoms with Gasteiger partial charge in [0.2, 0.25) is 5.91 Å². The van der Waals surface area contributed by atoms with Gasteiger partial charge in [-0.1, -0.05) is 12.2 Å². The summed E-state index contributed by atoms with van der Waals surface area (Å²) in [6.07, 6.45) is 6.88. The fraction of sp³-hybridized carbons (Fsp3) is 0.364. The molecule has 33 heavy (non-hydrogen) atoms. The van der Waals surface area contributed by atoms with E-state index in [-0.39, 0.29) is 23.4 Å². The van der Waals surface area contributed by atoms with Crippen LogP contribution in [-0.4, -0.2) is 69.7 Å². The molecule has 2 amide bonds. The first-order valence-electron chi connectivity index (χ1n) is 10.6. The first-order chi connectivity index (χ1) is 15.8. The van der Waals surface area contributed by atoms with Crippen LogP contribution in [0.15, 0.2) is 35.1 Å². The maximum absolute atomic E-state index is 12.9. The van der Waals surface area contributed by atoms with Crippen LogP contribution in [0.2, 0.25) is 0 Å². The van der Waals surface area contributed by atoms with Crippen LogP contribution >= 0.6 is 0 Å². The molecular formula is C22H25N9O2. The highest BCUT2D eigenvalue weighted by Gasteiger charge is 2.33. The molecule has 1 unspecified atom stereocenters. The number of amidine groups is 1. The lowest BCUT2D eigenvalue weighted by molar-refractivity contribution is -0.137. The predicted molar refractivity (Wildman–Crippen MR) is 123 cm³/mol. The van der Waals surface area contributed by atoms with Gasteiger partial charge in [-0.05, 0) is 13.8 Å². The van der Waals surface area contributed by atoms with Crippen molar-refractivity contribution in [2.75, 3.05) is 20.1 Å². The van der Waals surface area contributed by atoms with Crippen LogP contribution in [0.25, 0.3) is 16.9 Å². The smallest absolute Gasteiger partial charge is 0.255 e. The average Bonchev–Trinajstić information content (AvgIpc) is 3.21. The molecule has 0 saturated carbocycles. The van der Waals surface area contributed by atoms with Crippen molar-refractivity contribution in [2.24, 2.45) is 16.6 Å². The van der Waals surface area contributed by atoms with Crippen LogP contribution in [0.3, 0.4) is 0 Å². The molecule has 2 atom stereocenters. The number of amides is 2. The second-order valence-corrected chi connectivity index (χ2v) is 8.11. The topological polar surface area (TPSA) is 165 Å². The Morgan fingerprint density at radius 3 is 2.88 bits per heavy atom. The zero-order valence-corrected chi connectivity index (χ0v) is 18.6. The quantitative estimate of drug-likeness (QED) is 0.523. The number of carbonyl (C=O) groups is 2. The number of rotatable bonds is 4. The Morgan fingerprint density at radius 1 is 1.42 bits per heavy atom. The molecule has 0 spiro atoms. The molecule has 2 aliphatic rings. The summed E-state index contributed by atoms with van der Waals surface area (Å²) < 4.78 is 0. The minimum Gasteiger partial charge on any atom is -0.396 e. The summed E-state index contributed by atoms with van der Waals surface area (Å²) >= 11 is 0. The third-order valence-corrected chi connectivity index (χ3v) is 5.68. The molecule has 1 fully saturated rings. The molecule has 4 rings (SSSR count). The molecular weight excluding hydrogens is 422 g/mol. The van der Waals surface area contributed by atoms with Gasteiger partial charge >= 0.3 is 0 Å². The van der Waals surface area contributed by atoms with Crippen molar-refractivity contribution < 1.29 is 9.59 Å². The monoisotopic (exact) mass is 447 g/mol. The van der Waals surface area contributed by atoms with E-state index in [2.05, 4.69) is 36.6 Å². The SMILES string of the molecule is CN=C1NC(C)C=CC1=C(N)c1cnc2[nH]cc(C(=O)N[C@H](C)C(=O)N3CC(C#N)C3)c2n1. The Kier molecular flexibility index (Phi) is 5.83. The van der Waals surface area contributed by atoms with E-state index in [9.17, 15) is 9.59 Å². The van der Waals surface area contributed by atoms with E-state index in [4.69, 9.17) is 11.0 Å². The van der Waals surface area contributed by atoms with Crippen LogP contribution < -0.4 is 16.4 Å². The molecule has 11 nitrogen and oxygen atoms in total. The largest absolute Gasteiger partial charge is 0.396 e. The summed E-state index contributed by atoms with van der Waals surface area (Å²) in [5, 5.41) is 14.8. The van der Waals surface area contributed by atoms with Gasteiger partial charge in [-0.3, -0.25) is 14.6 Å². The Bertz CT molecular complexity index is 1240. The lowest BCUT2D eigenvalue weighted by Crippen LogP contribution is -2.55. The molecule has 170 valence electrons. The number of aliphatic imine (C=N–C) groups is 1. The maximum atomic E-state index is 12.9. The van der Waals surface area contributed by atoms with E-state index in [1.54, 1.807) is 18.9 Å². The molecule has 11 heteroatoms. The minimum atomic E-state index is -0.741. The summed E-state index contributed by atoms with van der Waals surface area (Å²) in [7, 11) is 1.67. The van der Waals surface area contributed by atoms with E-state index in [1.807, 2.05) is 19.1 Å². The summed E-state index contributed by atoms with van der Waals surface area (Å²) in [6, 6.07) is 1.51.